The van der Waals surface area contributed by atoms with Crippen LogP contribution >= 0.6 is 34.7 Å². The maximum absolute atomic E-state index is 10.2. The second-order valence-electron chi connectivity index (χ2n) is 7.86. The van der Waals surface area contributed by atoms with Crippen molar-refractivity contribution in [3.05, 3.63) is 57.8 Å². The van der Waals surface area contributed by atoms with Crippen molar-refractivity contribution in [3.63, 3.8) is 0 Å². The zero-order valence-corrected chi connectivity index (χ0v) is 18.3. The molecule has 1 aromatic heterocycles. The summed E-state index contributed by atoms with van der Waals surface area (Å²) < 4.78 is 6.49. The maximum Gasteiger partial charge on any atom is 0.206 e. The summed E-state index contributed by atoms with van der Waals surface area (Å²) in [4.78, 5) is 6.25. The zero-order valence-electron chi connectivity index (χ0n) is 15.9. The molecule has 2 aliphatic rings. The number of thiophene rings is 1. The van der Waals surface area contributed by atoms with Crippen molar-refractivity contribution in [2.45, 2.75) is 43.9 Å². The second kappa shape index (κ2) is 7.32. The van der Waals surface area contributed by atoms with Gasteiger partial charge in [0.2, 0.25) is 5.72 Å². The molecule has 2 N–H and O–H groups in total. The van der Waals surface area contributed by atoms with Crippen molar-refractivity contribution >= 4 is 39.9 Å². The number of benzene rings is 1. The number of nitrogens with zero attached hydrogens (tertiary/aromatic N) is 1. The Hall–Kier alpha value is -1.63. The van der Waals surface area contributed by atoms with Crippen LogP contribution in [0.1, 0.15) is 43.0 Å². The number of halogens is 1. The number of aliphatic imine (C=N–C) groups is 1. The minimum Gasteiger partial charge on any atom is -0.506 e. The van der Waals surface area contributed by atoms with Gasteiger partial charge in [-0.15, -0.1) is 17.9 Å². The minimum atomic E-state index is -0.694. The third-order valence-electron chi connectivity index (χ3n) is 4.97. The van der Waals surface area contributed by atoms with Crippen LogP contribution in [0.3, 0.4) is 0 Å². The van der Waals surface area contributed by atoms with Crippen molar-refractivity contribution in [2.75, 3.05) is 5.75 Å². The molecule has 28 heavy (non-hydrogen) atoms. The molecule has 148 valence electrons. The average molecular weight is 435 g/mol. The molecule has 7 heteroatoms. The Kier molecular flexibility index (Phi) is 5.14. The van der Waals surface area contributed by atoms with Crippen molar-refractivity contribution in [2.24, 2.45) is 4.99 Å². The Labute approximate surface area is 178 Å². The standard InChI is InChI=1S/C21H23ClN2O2S2/c1-4-7-28-19-23-20(2,3)12-21(24-19)11-14(18-6-5-8-27-18)13-9-15(22)16(25)10-17(13)26-21/h4-6,8-10,14,25H,1,7,11-12H2,2-3H3,(H,23,24). The molecule has 2 aromatic rings. The number of nitrogens with one attached hydrogen (secondary N) is 1. The van der Waals surface area contributed by atoms with Crippen LogP contribution in [0.25, 0.3) is 0 Å². The number of rotatable bonds is 3. The first-order chi connectivity index (χ1) is 13.3. The smallest absolute Gasteiger partial charge is 0.206 e. The Morgan fingerprint density at radius 1 is 1.50 bits per heavy atom. The molecule has 0 saturated carbocycles. The molecular formula is C21H23ClN2O2S2. The molecule has 1 spiro atoms. The highest BCUT2D eigenvalue weighted by molar-refractivity contribution is 8.13. The monoisotopic (exact) mass is 434 g/mol. The number of fused-ring (bicyclic) bond motifs is 1. The molecule has 0 saturated heterocycles. The lowest BCUT2D eigenvalue weighted by molar-refractivity contribution is 0.0137. The minimum absolute atomic E-state index is 0.0285. The molecule has 0 aliphatic carbocycles. The van der Waals surface area contributed by atoms with E-state index in [1.807, 2.05) is 12.1 Å². The van der Waals surface area contributed by atoms with E-state index >= 15 is 0 Å². The quantitative estimate of drug-likeness (QED) is 0.602. The largest absolute Gasteiger partial charge is 0.506 e. The number of thioether (sulfide) groups is 1. The van der Waals surface area contributed by atoms with Crippen LogP contribution in [0.2, 0.25) is 5.02 Å². The molecule has 0 fully saturated rings. The van der Waals surface area contributed by atoms with E-state index in [-0.39, 0.29) is 17.2 Å². The van der Waals surface area contributed by atoms with Gasteiger partial charge < -0.3 is 15.2 Å². The predicted octanol–water partition coefficient (Wildman–Crippen LogP) is 5.76. The van der Waals surface area contributed by atoms with Crippen LogP contribution in [-0.4, -0.2) is 27.3 Å². The summed E-state index contributed by atoms with van der Waals surface area (Å²) in [6.07, 6.45) is 3.32. The Morgan fingerprint density at radius 2 is 2.32 bits per heavy atom. The van der Waals surface area contributed by atoms with Crippen LogP contribution in [-0.2, 0) is 0 Å². The summed E-state index contributed by atoms with van der Waals surface area (Å²) >= 11 is 9.57. The van der Waals surface area contributed by atoms with E-state index in [0.29, 0.717) is 10.8 Å². The lowest BCUT2D eigenvalue weighted by atomic mass is 9.80. The van der Waals surface area contributed by atoms with Gasteiger partial charge in [-0.25, -0.2) is 4.99 Å². The number of hydrogen-bond acceptors (Lipinski definition) is 6. The highest BCUT2D eigenvalue weighted by Crippen LogP contribution is 2.51. The van der Waals surface area contributed by atoms with E-state index in [9.17, 15) is 5.11 Å². The number of hydrogen-bond donors (Lipinski definition) is 2. The van der Waals surface area contributed by atoms with E-state index in [1.54, 1.807) is 29.2 Å². The number of amidine groups is 1. The highest BCUT2D eigenvalue weighted by Gasteiger charge is 2.48. The molecule has 2 atom stereocenters. The third-order valence-corrected chi connectivity index (χ3v) is 7.13. The van der Waals surface area contributed by atoms with Gasteiger partial charge in [0.25, 0.3) is 0 Å². The summed E-state index contributed by atoms with van der Waals surface area (Å²) in [6.45, 7) is 8.13. The van der Waals surface area contributed by atoms with Crippen LogP contribution in [0.4, 0.5) is 0 Å². The van der Waals surface area contributed by atoms with Gasteiger partial charge in [0.1, 0.15) is 11.5 Å². The van der Waals surface area contributed by atoms with E-state index in [4.69, 9.17) is 21.3 Å². The van der Waals surface area contributed by atoms with E-state index in [0.717, 1.165) is 29.3 Å². The first-order valence-corrected chi connectivity index (χ1v) is 11.4. The fourth-order valence-electron chi connectivity index (χ4n) is 4.00. The van der Waals surface area contributed by atoms with Gasteiger partial charge in [0.05, 0.1) is 5.02 Å². The van der Waals surface area contributed by atoms with Crippen LogP contribution in [0.15, 0.2) is 47.3 Å². The normalized spacial score (nSPS) is 25.4. The lowest BCUT2D eigenvalue weighted by Gasteiger charge is -2.47. The third kappa shape index (κ3) is 3.78. The van der Waals surface area contributed by atoms with E-state index in [2.05, 4.69) is 43.3 Å². The molecule has 2 unspecified atom stereocenters. The van der Waals surface area contributed by atoms with Gasteiger partial charge >= 0.3 is 0 Å². The average Bonchev–Trinajstić information content (AvgIpc) is 3.14. The first-order valence-electron chi connectivity index (χ1n) is 9.17. The van der Waals surface area contributed by atoms with Crippen LogP contribution < -0.4 is 10.1 Å². The maximum atomic E-state index is 10.2. The van der Waals surface area contributed by atoms with Gasteiger partial charge in [0.15, 0.2) is 5.17 Å². The summed E-state index contributed by atoms with van der Waals surface area (Å²) in [5.74, 6) is 1.58. The van der Waals surface area contributed by atoms with Gasteiger partial charge in [0, 0.05) is 46.6 Å². The Balaban J connectivity index is 1.82. The van der Waals surface area contributed by atoms with E-state index < -0.39 is 5.72 Å². The summed E-state index contributed by atoms with van der Waals surface area (Å²) in [7, 11) is 0. The van der Waals surface area contributed by atoms with Gasteiger partial charge in [-0.2, -0.15) is 0 Å². The zero-order chi connectivity index (χ0) is 19.9. The van der Waals surface area contributed by atoms with Crippen molar-refractivity contribution < 1.29 is 9.84 Å². The summed E-state index contributed by atoms with van der Waals surface area (Å²) in [5.41, 5.74) is 0.139. The molecule has 4 nitrogen and oxygen atoms in total. The summed E-state index contributed by atoms with van der Waals surface area (Å²) in [6, 6.07) is 7.65. The van der Waals surface area contributed by atoms with Crippen molar-refractivity contribution in [1.29, 1.82) is 0 Å². The number of phenols is 1. The molecule has 0 bridgehead atoms. The number of phenolic OH excluding ortho intramolecular Hbond substituents is 1. The molecule has 0 amide bonds. The molecule has 1 aromatic carbocycles. The highest BCUT2D eigenvalue weighted by atomic mass is 35.5. The van der Waals surface area contributed by atoms with Crippen LogP contribution in [0, 0.1) is 0 Å². The van der Waals surface area contributed by atoms with Crippen LogP contribution in [0.5, 0.6) is 11.5 Å². The van der Waals surface area contributed by atoms with Gasteiger partial charge in [-0.1, -0.05) is 35.5 Å². The molecule has 2 aliphatic heterocycles. The SMILES string of the molecule is C=CCSC1=NC2(CC(c3cccs3)c3cc(Cl)c(O)cc3O2)CC(C)(C)N1. The van der Waals surface area contributed by atoms with Gasteiger partial charge in [-0.05, 0) is 31.4 Å². The Bertz CT molecular complexity index is 927. The number of aromatic hydroxyl groups is 1. The van der Waals surface area contributed by atoms with Crippen molar-refractivity contribution in [3.8, 4) is 11.5 Å². The lowest BCUT2D eigenvalue weighted by Crippen LogP contribution is -2.57. The molecule has 0 radical (unpaired) electrons. The first kappa shape index (κ1) is 19.7. The fourth-order valence-corrected chi connectivity index (χ4v) is 5.87. The Morgan fingerprint density at radius 3 is 3.04 bits per heavy atom. The number of ether oxygens (including phenoxy) is 1. The molecule has 4 rings (SSSR count). The topological polar surface area (TPSA) is 53.9 Å². The fraction of sp³-hybridized carbons (Fsp3) is 0.381. The second-order valence-corrected chi connectivity index (χ2v) is 10.3. The molecule has 3 heterocycles. The molecular weight excluding hydrogens is 412 g/mol. The predicted molar refractivity (Wildman–Crippen MR) is 119 cm³/mol. The van der Waals surface area contributed by atoms with Gasteiger partial charge in [-0.3, -0.25) is 0 Å². The summed E-state index contributed by atoms with van der Waals surface area (Å²) in [5, 5.41) is 17.0. The van der Waals surface area contributed by atoms with E-state index in [1.165, 1.54) is 4.88 Å². The van der Waals surface area contributed by atoms with Crippen molar-refractivity contribution in [1.82, 2.24) is 5.32 Å².